The number of pyridine rings is 1. The van der Waals surface area contributed by atoms with Crippen LogP contribution in [0.5, 0.6) is 0 Å². The van der Waals surface area contributed by atoms with Crippen molar-refractivity contribution >= 4 is 37.5 Å². The molecule has 1 aromatic carbocycles. The highest BCUT2D eigenvalue weighted by molar-refractivity contribution is 9.10. The zero-order chi connectivity index (χ0) is 18.0. The van der Waals surface area contributed by atoms with Crippen LogP contribution in [0, 0.1) is 0 Å². The van der Waals surface area contributed by atoms with Gasteiger partial charge in [0.2, 0.25) is 0 Å². The van der Waals surface area contributed by atoms with Gasteiger partial charge in [0, 0.05) is 17.9 Å². The molecule has 8 heteroatoms. The summed E-state index contributed by atoms with van der Waals surface area (Å²) in [7, 11) is -3.25. The van der Waals surface area contributed by atoms with Crippen LogP contribution in [-0.4, -0.2) is 25.6 Å². The highest BCUT2D eigenvalue weighted by atomic mass is 79.9. The Balaban J connectivity index is 1.83. The first-order chi connectivity index (χ1) is 11.8. The summed E-state index contributed by atoms with van der Waals surface area (Å²) >= 11 is 3.22. The fourth-order valence-corrected chi connectivity index (χ4v) is 3.08. The molecule has 3 rings (SSSR count). The lowest BCUT2D eigenvalue weighted by Crippen LogP contribution is -2.12. The highest BCUT2D eigenvalue weighted by Gasteiger charge is 2.12. The largest absolute Gasteiger partial charge is 0.458 e. The van der Waals surface area contributed by atoms with Gasteiger partial charge in [-0.25, -0.2) is 13.4 Å². The van der Waals surface area contributed by atoms with E-state index >= 15 is 0 Å². The van der Waals surface area contributed by atoms with Crippen LogP contribution >= 0.6 is 15.9 Å². The lowest BCUT2D eigenvalue weighted by atomic mass is 10.1. The summed E-state index contributed by atoms with van der Waals surface area (Å²) in [5, 5.41) is 2.66. The van der Waals surface area contributed by atoms with Crippen molar-refractivity contribution in [3.05, 3.63) is 65.0 Å². The zero-order valence-electron chi connectivity index (χ0n) is 13.1. The van der Waals surface area contributed by atoms with Crippen molar-refractivity contribution in [3.63, 3.8) is 0 Å². The van der Waals surface area contributed by atoms with Crippen molar-refractivity contribution in [2.75, 3.05) is 11.6 Å². The number of halogens is 1. The van der Waals surface area contributed by atoms with Crippen molar-refractivity contribution in [1.29, 1.82) is 0 Å². The van der Waals surface area contributed by atoms with Crippen LogP contribution in [-0.2, 0) is 9.84 Å². The lowest BCUT2D eigenvalue weighted by molar-refractivity contribution is 0.0996. The average molecular weight is 421 g/mol. The maximum atomic E-state index is 12.1. The number of nitrogens with one attached hydrogen (secondary N) is 1. The van der Waals surface area contributed by atoms with E-state index in [4.69, 9.17) is 4.42 Å². The molecule has 1 amide bonds. The number of furan rings is 1. The van der Waals surface area contributed by atoms with Crippen LogP contribution in [0.4, 0.5) is 5.82 Å². The quantitative estimate of drug-likeness (QED) is 0.693. The molecule has 2 heterocycles. The van der Waals surface area contributed by atoms with E-state index in [0.29, 0.717) is 16.0 Å². The second-order valence-corrected chi connectivity index (χ2v) is 8.22. The normalized spacial score (nSPS) is 11.3. The molecule has 0 aliphatic rings. The minimum absolute atomic E-state index is 0.164. The van der Waals surface area contributed by atoms with Crippen LogP contribution in [0.1, 0.15) is 10.6 Å². The number of sulfone groups is 1. The van der Waals surface area contributed by atoms with Crippen molar-refractivity contribution in [3.8, 4) is 11.3 Å². The van der Waals surface area contributed by atoms with Crippen LogP contribution in [0.15, 0.2) is 68.6 Å². The lowest BCUT2D eigenvalue weighted by Gasteiger charge is -2.06. The molecule has 2 aromatic heterocycles. The molecule has 0 radical (unpaired) electrons. The number of nitrogens with zero attached hydrogens (tertiary/aromatic N) is 1. The van der Waals surface area contributed by atoms with E-state index in [1.807, 2.05) is 0 Å². The fraction of sp³-hybridized carbons (Fsp3) is 0.0588. The summed E-state index contributed by atoms with van der Waals surface area (Å²) in [4.78, 5) is 16.7. The van der Waals surface area contributed by atoms with Gasteiger partial charge in [-0.3, -0.25) is 4.79 Å². The predicted octanol–water partition coefficient (Wildman–Crippen LogP) is 3.76. The Morgan fingerprint density at radius 2 is 1.88 bits per heavy atom. The van der Waals surface area contributed by atoms with Crippen LogP contribution in [0.3, 0.4) is 0 Å². The molecule has 1 N–H and O–H groups in total. The van der Waals surface area contributed by atoms with Gasteiger partial charge in [-0.2, -0.15) is 0 Å². The van der Waals surface area contributed by atoms with E-state index in [1.165, 1.54) is 18.4 Å². The molecule has 25 heavy (non-hydrogen) atoms. The van der Waals surface area contributed by atoms with E-state index in [2.05, 4.69) is 26.2 Å². The summed E-state index contributed by atoms with van der Waals surface area (Å²) in [5.74, 6) is 0.113. The topological polar surface area (TPSA) is 89.3 Å². The second kappa shape index (κ2) is 6.81. The Bertz CT molecular complexity index is 1030. The molecule has 3 aromatic rings. The van der Waals surface area contributed by atoms with Gasteiger partial charge in [-0.05, 0) is 40.2 Å². The highest BCUT2D eigenvalue weighted by Crippen LogP contribution is 2.22. The molecule has 0 unspecified atom stereocenters. The molecule has 0 saturated heterocycles. The Labute approximate surface area is 152 Å². The Hall–Kier alpha value is -2.45. The average Bonchev–Trinajstić information content (AvgIpc) is 3.01. The minimum atomic E-state index is -3.25. The van der Waals surface area contributed by atoms with Gasteiger partial charge in [-0.15, -0.1) is 0 Å². The molecule has 0 spiro atoms. The van der Waals surface area contributed by atoms with Crippen molar-refractivity contribution in [2.24, 2.45) is 0 Å². The van der Waals surface area contributed by atoms with Crippen LogP contribution < -0.4 is 5.32 Å². The van der Waals surface area contributed by atoms with Gasteiger partial charge in [0.1, 0.15) is 12.1 Å². The first-order valence-corrected chi connectivity index (χ1v) is 9.84. The van der Waals surface area contributed by atoms with E-state index < -0.39 is 15.7 Å². The van der Waals surface area contributed by atoms with Crippen molar-refractivity contribution in [2.45, 2.75) is 4.90 Å². The number of rotatable bonds is 4. The molecule has 0 saturated carbocycles. The third-order valence-corrected chi connectivity index (χ3v) is 4.90. The Morgan fingerprint density at radius 1 is 1.16 bits per heavy atom. The standard InChI is InChI=1S/C17H13BrN2O4S/c1-25(22,23)13-7-5-11(6-8-13)14-3-2-4-16(19-14)20-17(21)15-9-12(18)10-24-15/h2-10H,1H3,(H,19,20,21). The molecule has 0 aliphatic heterocycles. The fourth-order valence-electron chi connectivity index (χ4n) is 2.15. The van der Waals surface area contributed by atoms with E-state index in [1.54, 1.807) is 36.4 Å². The molecular formula is C17H13BrN2O4S. The van der Waals surface area contributed by atoms with Crippen LogP contribution in [0.2, 0.25) is 0 Å². The Kier molecular flexibility index (Phi) is 4.73. The van der Waals surface area contributed by atoms with Gasteiger partial charge in [0.25, 0.3) is 5.91 Å². The third kappa shape index (κ3) is 4.15. The number of aromatic nitrogens is 1. The Morgan fingerprint density at radius 3 is 2.48 bits per heavy atom. The third-order valence-electron chi connectivity index (χ3n) is 3.36. The molecule has 128 valence electrons. The molecule has 0 bridgehead atoms. The van der Waals surface area contributed by atoms with Gasteiger partial charge >= 0.3 is 0 Å². The number of hydrogen-bond acceptors (Lipinski definition) is 5. The maximum absolute atomic E-state index is 12.1. The summed E-state index contributed by atoms with van der Waals surface area (Å²) in [6.45, 7) is 0. The summed E-state index contributed by atoms with van der Waals surface area (Å²) in [6.07, 6.45) is 2.57. The first-order valence-electron chi connectivity index (χ1n) is 7.16. The number of carbonyl (C=O) groups is 1. The summed E-state index contributed by atoms with van der Waals surface area (Å²) in [5.41, 5.74) is 1.35. The molecule has 0 aliphatic carbocycles. The smallest absolute Gasteiger partial charge is 0.292 e. The number of benzene rings is 1. The van der Waals surface area contributed by atoms with E-state index in [-0.39, 0.29) is 10.7 Å². The number of anilines is 1. The maximum Gasteiger partial charge on any atom is 0.292 e. The molecular weight excluding hydrogens is 408 g/mol. The van der Waals surface area contributed by atoms with Gasteiger partial charge in [0.15, 0.2) is 15.6 Å². The van der Waals surface area contributed by atoms with E-state index in [0.717, 1.165) is 11.8 Å². The summed E-state index contributed by atoms with van der Waals surface area (Å²) in [6, 6.07) is 13.1. The van der Waals surface area contributed by atoms with Gasteiger partial charge in [0.05, 0.1) is 15.1 Å². The number of hydrogen-bond donors (Lipinski definition) is 1. The monoisotopic (exact) mass is 420 g/mol. The second-order valence-electron chi connectivity index (χ2n) is 5.29. The van der Waals surface area contributed by atoms with Gasteiger partial charge in [-0.1, -0.05) is 18.2 Å². The molecule has 0 fully saturated rings. The molecule has 6 nitrogen and oxygen atoms in total. The zero-order valence-corrected chi connectivity index (χ0v) is 15.5. The first kappa shape index (κ1) is 17.4. The SMILES string of the molecule is CS(=O)(=O)c1ccc(-c2cccc(NC(=O)c3cc(Br)co3)n2)cc1. The van der Waals surface area contributed by atoms with Gasteiger partial charge < -0.3 is 9.73 Å². The summed E-state index contributed by atoms with van der Waals surface area (Å²) < 4.78 is 28.8. The number of carbonyl (C=O) groups excluding carboxylic acids is 1. The van der Waals surface area contributed by atoms with Crippen molar-refractivity contribution < 1.29 is 17.6 Å². The van der Waals surface area contributed by atoms with Crippen LogP contribution in [0.25, 0.3) is 11.3 Å². The molecule has 0 atom stereocenters. The van der Waals surface area contributed by atoms with Crippen molar-refractivity contribution in [1.82, 2.24) is 4.98 Å². The predicted molar refractivity (Wildman–Crippen MR) is 97.1 cm³/mol. The number of amides is 1. The van der Waals surface area contributed by atoms with E-state index in [9.17, 15) is 13.2 Å². The minimum Gasteiger partial charge on any atom is -0.458 e.